The van der Waals surface area contributed by atoms with Crippen molar-refractivity contribution in [3.63, 3.8) is 0 Å². The van der Waals surface area contributed by atoms with Crippen molar-refractivity contribution < 1.29 is 19.6 Å². The summed E-state index contributed by atoms with van der Waals surface area (Å²) in [6.07, 6.45) is 0. The summed E-state index contributed by atoms with van der Waals surface area (Å²) in [6, 6.07) is 3.87. The van der Waals surface area contributed by atoms with Crippen LogP contribution < -0.4 is 4.74 Å². The van der Waals surface area contributed by atoms with E-state index in [1.165, 1.54) is 30.2 Å². The minimum atomic E-state index is -0.857. The highest BCUT2D eigenvalue weighted by Gasteiger charge is 2.46. The Labute approximate surface area is 122 Å². The molecule has 7 heteroatoms. The first-order valence-electron chi connectivity index (χ1n) is 6.62. The van der Waals surface area contributed by atoms with Gasteiger partial charge in [-0.25, -0.2) is 0 Å². The van der Waals surface area contributed by atoms with Crippen LogP contribution in [0.3, 0.4) is 0 Å². The fourth-order valence-corrected chi connectivity index (χ4v) is 2.26. The highest BCUT2D eigenvalue weighted by Crippen LogP contribution is 2.32. The van der Waals surface area contributed by atoms with Crippen molar-refractivity contribution in [3.8, 4) is 5.75 Å². The zero-order chi connectivity index (χ0) is 15.8. The molecule has 7 nitrogen and oxygen atoms in total. The third-order valence-corrected chi connectivity index (χ3v) is 3.92. The summed E-state index contributed by atoms with van der Waals surface area (Å²) in [4.78, 5) is 24.1. The van der Waals surface area contributed by atoms with Gasteiger partial charge in [-0.1, -0.05) is 13.8 Å². The third-order valence-electron chi connectivity index (χ3n) is 3.92. The molecule has 0 bridgehead atoms. The summed E-state index contributed by atoms with van der Waals surface area (Å²) >= 11 is 0. The fourth-order valence-electron chi connectivity index (χ4n) is 2.26. The van der Waals surface area contributed by atoms with Crippen molar-refractivity contribution in [2.75, 3.05) is 20.2 Å². The Morgan fingerprint density at radius 1 is 1.48 bits per heavy atom. The zero-order valence-corrected chi connectivity index (χ0v) is 12.2. The number of hydrogen-bond acceptors (Lipinski definition) is 5. The number of nitro groups is 1. The molecule has 1 aromatic rings. The van der Waals surface area contributed by atoms with Crippen molar-refractivity contribution in [1.29, 1.82) is 0 Å². The maximum absolute atomic E-state index is 12.4. The number of amides is 1. The molecule has 0 unspecified atom stereocenters. The SMILES string of the molecule is COc1cc([N+](=O)[O-])ccc1C(=O)N1CC(O)(C(C)C)C1. The van der Waals surface area contributed by atoms with Crippen molar-refractivity contribution in [1.82, 2.24) is 4.90 Å². The number of nitro benzene ring substituents is 1. The van der Waals surface area contributed by atoms with Gasteiger partial charge in [0, 0.05) is 6.07 Å². The number of likely N-dealkylation sites (tertiary alicyclic amines) is 1. The number of nitrogens with zero attached hydrogens (tertiary/aromatic N) is 2. The molecular weight excluding hydrogens is 276 g/mol. The lowest BCUT2D eigenvalue weighted by molar-refractivity contribution is -0.384. The lowest BCUT2D eigenvalue weighted by Gasteiger charge is -2.49. The Hall–Kier alpha value is -2.15. The van der Waals surface area contributed by atoms with E-state index in [0.717, 1.165) is 0 Å². The maximum Gasteiger partial charge on any atom is 0.273 e. The van der Waals surface area contributed by atoms with Crippen LogP contribution in [-0.4, -0.2) is 46.6 Å². The molecule has 0 radical (unpaired) electrons. The van der Waals surface area contributed by atoms with Gasteiger partial charge in [-0.15, -0.1) is 0 Å². The second-order valence-corrected chi connectivity index (χ2v) is 5.56. The van der Waals surface area contributed by atoms with Gasteiger partial charge in [-0.2, -0.15) is 0 Å². The van der Waals surface area contributed by atoms with Crippen molar-refractivity contribution in [2.24, 2.45) is 5.92 Å². The summed E-state index contributed by atoms with van der Waals surface area (Å²) in [5.41, 5.74) is -0.733. The van der Waals surface area contributed by atoms with E-state index in [0.29, 0.717) is 0 Å². The normalized spacial score (nSPS) is 16.5. The van der Waals surface area contributed by atoms with Crippen LogP contribution in [0.5, 0.6) is 5.75 Å². The van der Waals surface area contributed by atoms with Gasteiger partial charge in [0.15, 0.2) is 0 Å². The van der Waals surface area contributed by atoms with Crippen molar-refractivity contribution in [3.05, 3.63) is 33.9 Å². The Morgan fingerprint density at radius 3 is 2.57 bits per heavy atom. The number of benzene rings is 1. The van der Waals surface area contributed by atoms with E-state index in [-0.39, 0.29) is 41.9 Å². The fraction of sp³-hybridized carbons (Fsp3) is 0.500. The van der Waals surface area contributed by atoms with Gasteiger partial charge >= 0.3 is 0 Å². The molecule has 2 rings (SSSR count). The minimum absolute atomic E-state index is 0.0558. The lowest BCUT2D eigenvalue weighted by Crippen LogP contribution is -2.65. The van der Waals surface area contributed by atoms with Crippen LogP contribution in [0.4, 0.5) is 5.69 Å². The first kappa shape index (κ1) is 15.2. The van der Waals surface area contributed by atoms with E-state index >= 15 is 0 Å². The molecule has 0 atom stereocenters. The summed E-state index contributed by atoms with van der Waals surface area (Å²) in [7, 11) is 1.36. The number of methoxy groups -OCH3 is 1. The molecule has 1 heterocycles. The van der Waals surface area contributed by atoms with E-state index in [1.54, 1.807) is 0 Å². The molecule has 1 fully saturated rings. The van der Waals surface area contributed by atoms with E-state index in [4.69, 9.17) is 4.74 Å². The minimum Gasteiger partial charge on any atom is -0.496 e. The molecule has 21 heavy (non-hydrogen) atoms. The summed E-state index contributed by atoms with van der Waals surface area (Å²) < 4.78 is 5.06. The Bertz CT molecular complexity index is 579. The van der Waals surface area contributed by atoms with Gasteiger partial charge in [-0.3, -0.25) is 14.9 Å². The van der Waals surface area contributed by atoms with Gasteiger partial charge < -0.3 is 14.7 Å². The first-order valence-corrected chi connectivity index (χ1v) is 6.62. The van der Waals surface area contributed by atoms with Gasteiger partial charge in [0.05, 0.1) is 36.8 Å². The average molecular weight is 294 g/mol. The van der Waals surface area contributed by atoms with Gasteiger partial charge in [0.25, 0.3) is 11.6 Å². The Morgan fingerprint density at radius 2 is 2.10 bits per heavy atom. The van der Waals surface area contributed by atoms with Crippen LogP contribution >= 0.6 is 0 Å². The molecular formula is C14H18N2O5. The number of rotatable bonds is 4. The highest BCUT2D eigenvalue weighted by atomic mass is 16.6. The van der Waals surface area contributed by atoms with E-state index in [2.05, 4.69) is 0 Å². The topological polar surface area (TPSA) is 92.9 Å². The number of aliphatic hydroxyl groups is 1. The van der Waals surface area contributed by atoms with Gasteiger partial charge in [0.2, 0.25) is 0 Å². The summed E-state index contributed by atoms with van der Waals surface area (Å²) in [5, 5.41) is 20.9. The second-order valence-electron chi connectivity index (χ2n) is 5.56. The number of ether oxygens (including phenoxy) is 1. The Kier molecular flexibility index (Phi) is 3.87. The smallest absolute Gasteiger partial charge is 0.273 e. The standard InChI is InChI=1S/C14H18N2O5/c1-9(2)14(18)7-15(8-14)13(17)11-5-4-10(16(19)20)6-12(11)21-3/h4-6,9,18H,7-8H2,1-3H3. The van der Waals surface area contributed by atoms with Crippen molar-refractivity contribution >= 4 is 11.6 Å². The average Bonchev–Trinajstić information content (AvgIpc) is 2.41. The van der Waals surface area contributed by atoms with Gasteiger partial charge in [-0.05, 0) is 12.0 Å². The van der Waals surface area contributed by atoms with E-state index < -0.39 is 10.5 Å². The largest absolute Gasteiger partial charge is 0.496 e. The molecule has 1 N–H and O–H groups in total. The highest BCUT2D eigenvalue weighted by molar-refractivity contribution is 5.98. The molecule has 0 spiro atoms. The van der Waals surface area contributed by atoms with Crippen LogP contribution in [0.1, 0.15) is 24.2 Å². The number of hydrogen-bond donors (Lipinski definition) is 1. The monoisotopic (exact) mass is 294 g/mol. The number of β-amino-alcohol motifs (C(OH)–C–C–N with tert-alkyl or cyclic N) is 1. The summed E-state index contributed by atoms with van der Waals surface area (Å²) in [5.74, 6) is -0.0819. The predicted molar refractivity (Wildman–Crippen MR) is 75.3 cm³/mol. The molecule has 1 amide bonds. The van der Waals surface area contributed by atoms with Crippen LogP contribution in [-0.2, 0) is 0 Å². The zero-order valence-electron chi connectivity index (χ0n) is 12.2. The molecule has 1 aliphatic rings. The van der Waals surface area contributed by atoms with Crippen LogP contribution in [0.15, 0.2) is 18.2 Å². The number of non-ortho nitro benzene ring substituents is 1. The predicted octanol–water partition coefficient (Wildman–Crippen LogP) is 1.45. The van der Waals surface area contributed by atoms with Crippen molar-refractivity contribution in [2.45, 2.75) is 19.4 Å². The quantitative estimate of drug-likeness (QED) is 0.670. The van der Waals surface area contributed by atoms with Gasteiger partial charge in [0.1, 0.15) is 11.4 Å². The molecule has 114 valence electrons. The van der Waals surface area contributed by atoms with E-state index in [9.17, 15) is 20.0 Å². The summed E-state index contributed by atoms with van der Waals surface area (Å²) in [6.45, 7) is 4.30. The number of carbonyl (C=O) groups is 1. The first-order chi connectivity index (χ1) is 9.78. The molecule has 0 aromatic heterocycles. The maximum atomic E-state index is 12.4. The number of carbonyl (C=O) groups excluding carboxylic acids is 1. The Balaban J connectivity index is 2.19. The van der Waals surface area contributed by atoms with Crippen LogP contribution in [0.2, 0.25) is 0 Å². The molecule has 0 saturated carbocycles. The third kappa shape index (κ3) is 2.69. The van der Waals surface area contributed by atoms with Crippen LogP contribution in [0, 0.1) is 16.0 Å². The van der Waals surface area contributed by atoms with Crippen LogP contribution in [0.25, 0.3) is 0 Å². The van der Waals surface area contributed by atoms with E-state index in [1.807, 2.05) is 13.8 Å². The lowest BCUT2D eigenvalue weighted by atomic mass is 9.82. The molecule has 1 aromatic carbocycles. The molecule has 0 aliphatic carbocycles. The second kappa shape index (κ2) is 5.33. The molecule has 1 aliphatic heterocycles. The molecule has 1 saturated heterocycles.